The number of pyridine rings is 1. The summed E-state index contributed by atoms with van der Waals surface area (Å²) in [5.74, 6) is 0.710. The Morgan fingerprint density at radius 3 is 2.65 bits per heavy atom. The van der Waals surface area contributed by atoms with Gasteiger partial charge in [-0.2, -0.15) is 0 Å². The second-order valence-corrected chi connectivity index (χ2v) is 6.82. The van der Waals surface area contributed by atoms with E-state index in [0.717, 1.165) is 28.8 Å². The third kappa shape index (κ3) is 2.57. The minimum atomic E-state index is -0.0157. The lowest BCUT2D eigenvalue weighted by atomic mass is 10.1. The highest BCUT2D eigenvalue weighted by Crippen LogP contribution is 2.34. The second-order valence-electron chi connectivity index (χ2n) is 6.41. The van der Waals surface area contributed by atoms with Crippen LogP contribution in [0.15, 0.2) is 53.3 Å². The van der Waals surface area contributed by atoms with E-state index in [2.05, 4.69) is 6.07 Å². The number of benzene rings is 2. The van der Waals surface area contributed by atoms with Crippen molar-refractivity contribution < 1.29 is 0 Å². The summed E-state index contributed by atoms with van der Waals surface area (Å²) in [7, 11) is 0. The van der Waals surface area contributed by atoms with Gasteiger partial charge in [-0.25, -0.2) is 0 Å². The zero-order chi connectivity index (χ0) is 16.0. The number of nitrogens with zero attached hydrogens (tertiary/aromatic N) is 1. The van der Waals surface area contributed by atoms with Gasteiger partial charge in [-0.3, -0.25) is 9.36 Å². The van der Waals surface area contributed by atoms with Gasteiger partial charge in [-0.1, -0.05) is 41.9 Å². The standard InChI is InChI=1S/C20H18ClNO/c1-13-5-2-3-8-18(13)22-16(11-14-9-10-14)12-15-6-4-7-17(21)19(15)20(22)23/h2-8,12,14H,9-11H2,1H3. The molecule has 1 aromatic heterocycles. The quantitative estimate of drug-likeness (QED) is 0.671. The first kappa shape index (κ1) is 14.5. The first-order valence-corrected chi connectivity index (χ1v) is 8.42. The van der Waals surface area contributed by atoms with E-state index in [9.17, 15) is 4.79 Å². The van der Waals surface area contributed by atoms with Gasteiger partial charge in [0.15, 0.2) is 0 Å². The smallest absolute Gasteiger partial charge is 0.264 e. The van der Waals surface area contributed by atoms with E-state index in [1.54, 1.807) is 6.07 Å². The number of hydrogen-bond donors (Lipinski definition) is 0. The van der Waals surface area contributed by atoms with Crippen LogP contribution in [0.4, 0.5) is 0 Å². The summed E-state index contributed by atoms with van der Waals surface area (Å²) >= 11 is 6.32. The Bertz CT molecular complexity index is 954. The normalized spacial score (nSPS) is 14.3. The summed E-state index contributed by atoms with van der Waals surface area (Å²) in [6.45, 7) is 2.04. The van der Waals surface area contributed by atoms with Crippen LogP contribution in [-0.2, 0) is 6.42 Å². The average molecular weight is 324 g/mol. The van der Waals surface area contributed by atoms with Crippen LogP contribution >= 0.6 is 11.6 Å². The third-order valence-electron chi connectivity index (χ3n) is 4.62. The van der Waals surface area contributed by atoms with Gasteiger partial charge in [0, 0.05) is 5.69 Å². The number of halogens is 1. The van der Waals surface area contributed by atoms with Crippen LogP contribution in [0.1, 0.15) is 24.1 Å². The number of fused-ring (bicyclic) bond motifs is 1. The fourth-order valence-electron chi connectivity index (χ4n) is 3.22. The van der Waals surface area contributed by atoms with E-state index in [1.165, 1.54) is 12.8 Å². The summed E-state index contributed by atoms with van der Waals surface area (Å²) in [5.41, 5.74) is 3.12. The highest BCUT2D eigenvalue weighted by Gasteiger charge is 2.24. The minimum Gasteiger partial charge on any atom is -0.280 e. The molecule has 0 unspecified atom stereocenters. The molecule has 0 saturated heterocycles. The molecule has 0 spiro atoms. The van der Waals surface area contributed by atoms with Crippen LogP contribution in [0.25, 0.3) is 16.5 Å². The minimum absolute atomic E-state index is 0.0157. The molecule has 1 heterocycles. The summed E-state index contributed by atoms with van der Waals surface area (Å²) in [5, 5.41) is 2.06. The average Bonchev–Trinajstić information content (AvgIpc) is 3.33. The Kier molecular flexibility index (Phi) is 3.50. The lowest BCUT2D eigenvalue weighted by Gasteiger charge is -2.17. The van der Waals surface area contributed by atoms with Crippen molar-refractivity contribution in [2.75, 3.05) is 0 Å². The maximum Gasteiger partial charge on any atom is 0.264 e. The first-order chi connectivity index (χ1) is 11.1. The van der Waals surface area contributed by atoms with Gasteiger partial charge in [0.25, 0.3) is 5.56 Å². The fraction of sp³-hybridized carbons (Fsp3) is 0.250. The molecular weight excluding hydrogens is 306 g/mol. The topological polar surface area (TPSA) is 22.0 Å². The molecule has 0 radical (unpaired) electrons. The van der Waals surface area contributed by atoms with Crippen LogP contribution in [0.3, 0.4) is 0 Å². The van der Waals surface area contributed by atoms with Gasteiger partial charge < -0.3 is 0 Å². The predicted molar refractivity (Wildman–Crippen MR) is 95.7 cm³/mol. The van der Waals surface area contributed by atoms with E-state index in [0.29, 0.717) is 16.3 Å². The van der Waals surface area contributed by atoms with Crippen LogP contribution in [-0.4, -0.2) is 4.57 Å². The SMILES string of the molecule is Cc1ccccc1-n1c(CC2CC2)cc2cccc(Cl)c2c1=O. The first-order valence-electron chi connectivity index (χ1n) is 8.04. The van der Waals surface area contributed by atoms with E-state index in [4.69, 9.17) is 11.6 Å². The monoisotopic (exact) mass is 323 g/mol. The van der Waals surface area contributed by atoms with Crippen molar-refractivity contribution in [3.05, 3.63) is 75.2 Å². The Morgan fingerprint density at radius 2 is 1.91 bits per heavy atom. The number of para-hydroxylation sites is 1. The third-order valence-corrected chi connectivity index (χ3v) is 4.94. The molecule has 0 bridgehead atoms. The van der Waals surface area contributed by atoms with Gasteiger partial charge >= 0.3 is 0 Å². The lowest BCUT2D eigenvalue weighted by molar-refractivity contribution is 0.761. The molecule has 1 fully saturated rings. The molecule has 3 heteroatoms. The predicted octanol–water partition coefficient (Wildman–Crippen LogP) is 4.91. The number of rotatable bonds is 3. The molecule has 4 rings (SSSR count). The molecule has 2 nitrogen and oxygen atoms in total. The number of hydrogen-bond acceptors (Lipinski definition) is 1. The second kappa shape index (κ2) is 5.54. The van der Waals surface area contributed by atoms with E-state index in [1.807, 2.05) is 47.9 Å². The maximum absolute atomic E-state index is 13.2. The number of aryl methyl sites for hydroxylation is 1. The Balaban J connectivity index is 2.07. The molecule has 1 aliphatic rings. The molecule has 2 aromatic carbocycles. The summed E-state index contributed by atoms with van der Waals surface area (Å²) in [4.78, 5) is 13.2. The molecule has 1 saturated carbocycles. The molecule has 116 valence electrons. The molecule has 3 aromatic rings. The van der Waals surface area contributed by atoms with Gasteiger partial charge in [0.1, 0.15) is 0 Å². The molecule has 0 aliphatic heterocycles. The van der Waals surface area contributed by atoms with Gasteiger partial charge in [-0.15, -0.1) is 0 Å². The van der Waals surface area contributed by atoms with E-state index >= 15 is 0 Å². The van der Waals surface area contributed by atoms with Crippen molar-refractivity contribution in [3.8, 4) is 5.69 Å². The summed E-state index contributed by atoms with van der Waals surface area (Å²) in [6.07, 6.45) is 3.47. The number of aromatic nitrogens is 1. The zero-order valence-corrected chi connectivity index (χ0v) is 13.8. The molecular formula is C20H18ClNO. The lowest BCUT2D eigenvalue weighted by Crippen LogP contribution is -2.23. The van der Waals surface area contributed by atoms with Crippen molar-refractivity contribution in [1.82, 2.24) is 4.57 Å². The van der Waals surface area contributed by atoms with Crippen LogP contribution < -0.4 is 5.56 Å². The van der Waals surface area contributed by atoms with Crippen molar-refractivity contribution >= 4 is 22.4 Å². The molecule has 0 amide bonds. The highest BCUT2D eigenvalue weighted by molar-refractivity contribution is 6.35. The van der Waals surface area contributed by atoms with Crippen molar-refractivity contribution in [1.29, 1.82) is 0 Å². The molecule has 0 atom stereocenters. The highest BCUT2D eigenvalue weighted by atomic mass is 35.5. The van der Waals surface area contributed by atoms with Crippen molar-refractivity contribution in [2.24, 2.45) is 5.92 Å². The fourth-order valence-corrected chi connectivity index (χ4v) is 3.48. The van der Waals surface area contributed by atoms with Crippen LogP contribution in [0.2, 0.25) is 5.02 Å². The van der Waals surface area contributed by atoms with Crippen molar-refractivity contribution in [2.45, 2.75) is 26.2 Å². The maximum atomic E-state index is 13.2. The molecule has 23 heavy (non-hydrogen) atoms. The van der Waals surface area contributed by atoms with Gasteiger partial charge in [-0.05, 0) is 61.3 Å². The van der Waals surface area contributed by atoms with Gasteiger partial charge in [0.2, 0.25) is 0 Å². The Hall–Kier alpha value is -2.06. The summed E-state index contributed by atoms with van der Waals surface area (Å²) in [6, 6.07) is 15.8. The summed E-state index contributed by atoms with van der Waals surface area (Å²) < 4.78 is 1.86. The van der Waals surface area contributed by atoms with Crippen molar-refractivity contribution in [3.63, 3.8) is 0 Å². The van der Waals surface area contributed by atoms with E-state index in [-0.39, 0.29) is 5.56 Å². The molecule has 0 N–H and O–H groups in total. The zero-order valence-electron chi connectivity index (χ0n) is 13.1. The van der Waals surface area contributed by atoms with Crippen LogP contribution in [0.5, 0.6) is 0 Å². The Labute approximate surface area is 140 Å². The van der Waals surface area contributed by atoms with Crippen LogP contribution in [0, 0.1) is 12.8 Å². The van der Waals surface area contributed by atoms with E-state index < -0.39 is 0 Å². The van der Waals surface area contributed by atoms with Gasteiger partial charge in [0.05, 0.1) is 16.1 Å². The largest absolute Gasteiger partial charge is 0.280 e. The molecule has 1 aliphatic carbocycles. The Morgan fingerprint density at radius 1 is 1.13 bits per heavy atom.